The molecule has 2 heterocycles. The predicted molar refractivity (Wildman–Crippen MR) is 124 cm³/mol. The highest BCUT2D eigenvalue weighted by Crippen LogP contribution is 2.32. The van der Waals surface area contributed by atoms with Crippen LogP contribution in [0.3, 0.4) is 0 Å². The molecule has 2 aromatic rings. The van der Waals surface area contributed by atoms with Crippen LogP contribution in [0.1, 0.15) is 34.0 Å². The molecule has 0 spiro atoms. The highest BCUT2D eigenvalue weighted by Gasteiger charge is 2.27. The van der Waals surface area contributed by atoms with Crippen molar-refractivity contribution in [3.8, 4) is 0 Å². The first-order valence-electron chi connectivity index (χ1n) is 10.5. The molecule has 0 radical (unpaired) electrons. The Kier molecular flexibility index (Phi) is 7.42. The predicted octanol–water partition coefficient (Wildman–Crippen LogP) is 3.12. The van der Waals surface area contributed by atoms with E-state index in [-0.39, 0.29) is 30.3 Å². The molecule has 32 heavy (non-hydrogen) atoms. The number of halogens is 2. The van der Waals surface area contributed by atoms with Crippen LogP contribution in [0.15, 0.2) is 47.6 Å². The Morgan fingerprint density at radius 3 is 2.81 bits per heavy atom. The van der Waals surface area contributed by atoms with Crippen molar-refractivity contribution in [1.29, 1.82) is 0 Å². The van der Waals surface area contributed by atoms with E-state index in [9.17, 15) is 9.59 Å². The number of benzene rings is 2. The van der Waals surface area contributed by atoms with E-state index in [1.165, 1.54) is 0 Å². The van der Waals surface area contributed by atoms with Gasteiger partial charge in [-0.1, -0.05) is 47.5 Å². The van der Waals surface area contributed by atoms with Gasteiger partial charge in [0.05, 0.1) is 34.9 Å². The summed E-state index contributed by atoms with van der Waals surface area (Å²) < 4.78 is 6.09. The van der Waals surface area contributed by atoms with Gasteiger partial charge in [-0.15, -0.1) is 0 Å². The van der Waals surface area contributed by atoms with Crippen molar-refractivity contribution in [3.05, 3.63) is 69.2 Å². The van der Waals surface area contributed by atoms with Gasteiger partial charge in [-0.3, -0.25) is 9.59 Å². The first-order chi connectivity index (χ1) is 15.5. The fourth-order valence-electron chi connectivity index (χ4n) is 3.97. The van der Waals surface area contributed by atoms with Crippen LogP contribution in [-0.2, 0) is 16.0 Å². The molecule has 2 amide bonds. The fourth-order valence-corrected chi connectivity index (χ4v) is 4.27. The molecule has 0 saturated carbocycles. The van der Waals surface area contributed by atoms with Crippen LogP contribution in [0.5, 0.6) is 0 Å². The third-order valence-corrected chi connectivity index (χ3v) is 6.31. The van der Waals surface area contributed by atoms with Crippen LogP contribution < -0.4 is 16.1 Å². The lowest BCUT2D eigenvalue weighted by Crippen LogP contribution is -2.36. The average molecular weight is 475 g/mol. The maximum atomic E-state index is 13.0. The van der Waals surface area contributed by atoms with Crippen molar-refractivity contribution in [2.24, 2.45) is 11.0 Å². The highest BCUT2D eigenvalue weighted by molar-refractivity contribution is 6.42. The van der Waals surface area contributed by atoms with E-state index < -0.39 is 0 Å². The molecular formula is C23H24Cl2N4O3. The summed E-state index contributed by atoms with van der Waals surface area (Å²) in [5, 5.41) is 11.4. The van der Waals surface area contributed by atoms with Crippen molar-refractivity contribution in [2.45, 2.75) is 18.9 Å². The van der Waals surface area contributed by atoms with Crippen LogP contribution in [0, 0.1) is 5.92 Å². The number of nitrogens with one attached hydrogen (secondary N) is 3. The topological polar surface area (TPSA) is 91.8 Å². The Bertz CT molecular complexity index is 1040. The van der Waals surface area contributed by atoms with Gasteiger partial charge in [0, 0.05) is 37.5 Å². The normalized spacial score (nSPS) is 20.9. The number of amides is 2. The molecule has 1 saturated heterocycles. The Labute approximate surface area is 196 Å². The number of hydrogen-bond donors (Lipinski definition) is 3. The summed E-state index contributed by atoms with van der Waals surface area (Å²) in [6, 6.07) is 12.9. The molecule has 2 aliphatic heterocycles. The molecule has 9 heteroatoms. The van der Waals surface area contributed by atoms with E-state index in [0.29, 0.717) is 41.7 Å². The molecule has 4 rings (SSSR count). The summed E-state index contributed by atoms with van der Waals surface area (Å²) in [5.74, 6) is -0.293. The first kappa shape index (κ1) is 22.7. The van der Waals surface area contributed by atoms with Crippen LogP contribution in [-0.4, -0.2) is 43.8 Å². The number of rotatable bonds is 6. The van der Waals surface area contributed by atoms with Gasteiger partial charge in [-0.25, -0.2) is 5.43 Å². The maximum Gasteiger partial charge on any atom is 0.251 e. The van der Waals surface area contributed by atoms with Gasteiger partial charge in [0.15, 0.2) is 0 Å². The van der Waals surface area contributed by atoms with Crippen LogP contribution in [0.4, 0.5) is 0 Å². The Balaban J connectivity index is 1.46. The zero-order valence-corrected chi connectivity index (χ0v) is 18.9. The molecule has 2 aromatic carbocycles. The summed E-state index contributed by atoms with van der Waals surface area (Å²) in [6.07, 6.45) is 0.481. The van der Waals surface area contributed by atoms with E-state index in [1.807, 2.05) is 30.3 Å². The Morgan fingerprint density at radius 2 is 2.03 bits per heavy atom. The van der Waals surface area contributed by atoms with E-state index in [1.54, 1.807) is 12.1 Å². The lowest BCUT2D eigenvalue weighted by molar-refractivity contribution is -0.119. The molecule has 3 N–H and O–H groups in total. The Morgan fingerprint density at radius 1 is 1.19 bits per heavy atom. The van der Waals surface area contributed by atoms with Crippen LogP contribution in [0.25, 0.3) is 0 Å². The van der Waals surface area contributed by atoms with Gasteiger partial charge in [0.25, 0.3) is 5.91 Å². The first-order valence-corrected chi connectivity index (χ1v) is 11.2. The Hall–Kier alpha value is -2.45. The average Bonchev–Trinajstić information content (AvgIpc) is 3.05. The van der Waals surface area contributed by atoms with Crippen LogP contribution in [0.2, 0.25) is 10.0 Å². The maximum absolute atomic E-state index is 13.0. The van der Waals surface area contributed by atoms with Crippen LogP contribution >= 0.6 is 23.2 Å². The SMILES string of the molecule is O=C1CC(Cc2ccccc2C(=O)NC[C@@H]2CNCCO[C@H]2c2ccc(Cl)c(Cl)c2)=NN1. The summed E-state index contributed by atoms with van der Waals surface area (Å²) in [4.78, 5) is 24.5. The van der Waals surface area contributed by atoms with Gasteiger partial charge in [0.2, 0.25) is 5.91 Å². The quantitative estimate of drug-likeness (QED) is 0.599. The van der Waals surface area contributed by atoms with Crippen molar-refractivity contribution in [2.75, 3.05) is 26.2 Å². The summed E-state index contributed by atoms with van der Waals surface area (Å²) in [7, 11) is 0. The number of hydrazone groups is 1. The van der Waals surface area contributed by atoms with E-state index in [4.69, 9.17) is 27.9 Å². The second kappa shape index (κ2) is 10.4. The van der Waals surface area contributed by atoms with E-state index >= 15 is 0 Å². The standard InChI is InChI=1S/C23H24Cl2N4O3/c24-19-6-5-15(10-20(19)25)22-16(12-26-7-8-32-22)13-27-23(31)18-4-2-1-3-14(18)9-17-11-21(30)29-28-17/h1-6,10,16,22,26H,7-9,11-13H2,(H,27,31)(H,29,30)/t16-,22-/m0/s1. The zero-order chi connectivity index (χ0) is 22.5. The number of carbonyl (C=O) groups is 2. The number of ether oxygens (including phenoxy) is 1. The molecule has 1 fully saturated rings. The summed E-state index contributed by atoms with van der Waals surface area (Å²) in [5.41, 5.74) is 5.50. The fraction of sp³-hybridized carbons (Fsp3) is 0.348. The minimum Gasteiger partial charge on any atom is -0.372 e. The summed E-state index contributed by atoms with van der Waals surface area (Å²) >= 11 is 12.3. The van der Waals surface area contributed by atoms with Gasteiger partial charge < -0.3 is 15.4 Å². The molecule has 0 aromatic heterocycles. The second-order valence-corrected chi connectivity index (χ2v) is 8.68. The molecule has 0 bridgehead atoms. The number of nitrogens with zero attached hydrogens (tertiary/aromatic N) is 1. The molecular weight excluding hydrogens is 451 g/mol. The number of carbonyl (C=O) groups excluding carboxylic acids is 2. The van der Waals surface area contributed by atoms with Gasteiger partial charge in [0.1, 0.15) is 0 Å². The summed E-state index contributed by atoms with van der Waals surface area (Å²) in [6.45, 7) is 2.41. The monoisotopic (exact) mass is 474 g/mol. The molecule has 0 unspecified atom stereocenters. The van der Waals surface area contributed by atoms with Crippen molar-refractivity contribution < 1.29 is 14.3 Å². The van der Waals surface area contributed by atoms with Gasteiger partial charge in [-0.05, 0) is 29.3 Å². The zero-order valence-electron chi connectivity index (χ0n) is 17.4. The minimum atomic E-state index is -0.222. The second-order valence-electron chi connectivity index (χ2n) is 7.86. The van der Waals surface area contributed by atoms with Crippen molar-refractivity contribution in [1.82, 2.24) is 16.1 Å². The highest BCUT2D eigenvalue weighted by atomic mass is 35.5. The third kappa shape index (κ3) is 5.48. The smallest absolute Gasteiger partial charge is 0.251 e. The molecule has 0 aliphatic carbocycles. The lowest BCUT2D eigenvalue weighted by Gasteiger charge is -2.26. The lowest BCUT2D eigenvalue weighted by atomic mass is 9.95. The van der Waals surface area contributed by atoms with Gasteiger partial charge in [-0.2, -0.15) is 5.10 Å². The molecule has 2 aliphatic rings. The largest absolute Gasteiger partial charge is 0.372 e. The minimum absolute atomic E-state index is 0.00637. The molecule has 7 nitrogen and oxygen atoms in total. The van der Waals surface area contributed by atoms with E-state index in [0.717, 1.165) is 23.4 Å². The van der Waals surface area contributed by atoms with Gasteiger partial charge >= 0.3 is 0 Å². The van der Waals surface area contributed by atoms with Crippen molar-refractivity contribution >= 4 is 40.7 Å². The van der Waals surface area contributed by atoms with Crippen molar-refractivity contribution in [3.63, 3.8) is 0 Å². The third-order valence-electron chi connectivity index (χ3n) is 5.57. The van der Waals surface area contributed by atoms with E-state index in [2.05, 4.69) is 21.2 Å². The molecule has 168 valence electrons. The number of hydrogen-bond acceptors (Lipinski definition) is 5. The molecule has 2 atom stereocenters.